The lowest BCUT2D eigenvalue weighted by molar-refractivity contribution is -0.179. The first-order valence-electron chi connectivity index (χ1n) is 15.2. The van der Waals surface area contributed by atoms with Gasteiger partial charge in [-0.05, 0) is 76.2 Å². The minimum Gasteiger partial charge on any atom is -0.479 e. The zero-order chi connectivity index (χ0) is 34.2. The Kier molecular flexibility index (Phi) is 19.3. The Morgan fingerprint density at radius 3 is 1.73 bits per heavy atom. The topological polar surface area (TPSA) is 183 Å². The van der Waals surface area contributed by atoms with E-state index in [0.29, 0.717) is 23.3 Å². The van der Waals surface area contributed by atoms with Gasteiger partial charge in [0.1, 0.15) is 0 Å². The second-order valence-electron chi connectivity index (χ2n) is 11.7. The molecule has 0 amide bonds. The molecule has 0 aliphatic heterocycles. The van der Waals surface area contributed by atoms with E-state index in [1.165, 1.54) is 33.3 Å². The van der Waals surface area contributed by atoms with E-state index in [1.54, 1.807) is 6.92 Å². The van der Waals surface area contributed by atoms with E-state index in [9.17, 15) is 39.1 Å². The van der Waals surface area contributed by atoms with Crippen molar-refractivity contribution in [1.82, 2.24) is 0 Å². The summed E-state index contributed by atoms with van der Waals surface area (Å²) in [5, 5.41) is 29.0. The van der Waals surface area contributed by atoms with Gasteiger partial charge in [0, 0.05) is 5.57 Å². The number of aliphatic carboxylic acids is 3. The number of phosphoric ester groups is 1. The molecule has 0 spiro atoms. The molecule has 0 aromatic heterocycles. The van der Waals surface area contributed by atoms with Crippen LogP contribution in [0.4, 0.5) is 0 Å². The highest BCUT2D eigenvalue weighted by Gasteiger charge is 2.45. The van der Waals surface area contributed by atoms with Crippen LogP contribution in [0.1, 0.15) is 94.4 Å². The molecule has 254 valence electrons. The molecule has 13 heteroatoms. The maximum atomic E-state index is 12.8. The summed E-state index contributed by atoms with van der Waals surface area (Å²) in [5.41, 5.74) is 0.585. The largest absolute Gasteiger partial charge is 0.479 e. The van der Waals surface area contributed by atoms with Crippen LogP contribution in [0.3, 0.4) is 0 Å². The van der Waals surface area contributed by atoms with E-state index in [4.69, 9.17) is 18.3 Å². The van der Waals surface area contributed by atoms with Crippen molar-refractivity contribution in [2.45, 2.75) is 107 Å². The van der Waals surface area contributed by atoms with Gasteiger partial charge in [0.25, 0.3) is 0 Å². The lowest BCUT2D eigenvalue weighted by atomic mass is 9.84. The highest BCUT2D eigenvalue weighted by atomic mass is 31.2. The Morgan fingerprint density at radius 2 is 1.27 bits per heavy atom. The van der Waals surface area contributed by atoms with Crippen LogP contribution in [0, 0.1) is 29.6 Å². The number of ether oxygens (including phenoxy) is 1. The van der Waals surface area contributed by atoms with Crippen LogP contribution >= 0.6 is 7.82 Å². The maximum absolute atomic E-state index is 12.8. The predicted molar refractivity (Wildman–Crippen MR) is 165 cm³/mol. The molecule has 0 heterocycles. The van der Waals surface area contributed by atoms with Crippen molar-refractivity contribution >= 4 is 31.7 Å². The van der Waals surface area contributed by atoms with E-state index >= 15 is 0 Å². The van der Waals surface area contributed by atoms with E-state index in [0.717, 1.165) is 19.3 Å². The molecule has 12 nitrogen and oxygen atoms in total. The van der Waals surface area contributed by atoms with Gasteiger partial charge in [-0.25, -0.2) is 18.9 Å². The number of phosphoric acid groups is 1. The summed E-state index contributed by atoms with van der Waals surface area (Å²) in [6.45, 7) is 16.6. The number of rotatable bonds is 23. The molecule has 0 saturated heterocycles. The van der Waals surface area contributed by atoms with Crippen LogP contribution in [-0.2, 0) is 42.1 Å². The predicted octanol–water partition coefficient (Wildman–Crippen LogP) is 6.74. The van der Waals surface area contributed by atoms with Gasteiger partial charge in [-0.15, -0.1) is 0 Å². The number of carboxylic acids is 3. The van der Waals surface area contributed by atoms with Crippen molar-refractivity contribution in [1.29, 1.82) is 0 Å². The molecule has 0 aliphatic rings. The molecular formula is C31H53O12P. The van der Waals surface area contributed by atoms with Crippen molar-refractivity contribution in [3.8, 4) is 0 Å². The van der Waals surface area contributed by atoms with Crippen molar-refractivity contribution < 1.29 is 57.4 Å². The molecular weight excluding hydrogens is 595 g/mol. The number of carbonyl (C=O) groups is 4. The maximum Gasteiger partial charge on any atom is 0.475 e. The van der Waals surface area contributed by atoms with E-state index < -0.39 is 49.8 Å². The van der Waals surface area contributed by atoms with Crippen LogP contribution < -0.4 is 0 Å². The summed E-state index contributed by atoms with van der Waals surface area (Å²) in [4.78, 5) is 48.5. The van der Waals surface area contributed by atoms with Crippen LogP contribution in [0.2, 0.25) is 0 Å². The summed E-state index contributed by atoms with van der Waals surface area (Å²) in [7, 11) is -4.51. The minimum atomic E-state index is -4.51. The fourth-order valence-corrected chi connectivity index (χ4v) is 6.40. The third kappa shape index (κ3) is 16.0. The molecule has 0 saturated carbocycles. The number of esters is 1. The third-order valence-corrected chi connectivity index (χ3v) is 8.69. The van der Waals surface area contributed by atoms with Gasteiger partial charge in [0.15, 0.2) is 0 Å². The monoisotopic (exact) mass is 648 g/mol. The molecule has 0 aromatic carbocycles. The summed E-state index contributed by atoms with van der Waals surface area (Å²) < 4.78 is 32.3. The minimum absolute atomic E-state index is 0.110. The summed E-state index contributed by atoms with van der Waals surface area (Å²) in [6, 6.07) is 0. The lowest BCUT2D eigenvalue weighted by Crippen LogP contribution is -2.45. The van der Waals surface area contributed by atoms with E-state index in [1.807, 2.05) is 6.08 Å². The summed E-state index contributed by atoms with van der Waals surface area (Å²) in [5.74, 6) is -5.42. The second-order valence-corrected chi connectivity index (χ2v) is 13.4. The van der Waals surface area contributed by atoms with Crippen molar-refractivity contribution in [3.05, 3.63) is 23.3 Å². The smallest absolute Gasteiger partial charge is 0.475 e. The van der Waals surface area contributed by atoms with Crippen molar-refractivity contribution in [2.75, 3.05) is 13.2 Å². The number of allylic oxidation sites excluding steroid dienone is 3. The molecule has 3 N–H and O–H groups in total. The molecule has 0 aliphatic carbocycles. The fraction of sp³-hybridized carbons (Fsp3) is 0.742. The van der Waals surface area contributed by atoms with Crippen LogP contribution in [-0.4, -0.2) is 64.6 Å². The Hall–Kier alpha value is -2.53. The molecule has 7 atom stereocenters. The Bertz CT molecular complexity index is 1040. The summed E-state index contributed by atoms with van der Waals surface area (Å²) in [6.07, 6.45) is 2.65. The normalized spacial score (nSPS) is 17.6. The van der Waals surface area contributed by atoms with Gasteiger partial charge in [-0.2, -0.15) is 0 Å². The van der Waals surface area contributed by atoms with Gasteiger partial charge in [0.05, 0.1) is 19.1 Å². The highest BCUT2D eigenvalue weighted by molar-refractivity contribution is 7.48. The van der Waals surface area contributed by atoms with Crippen LogP contribution in [0.15, 0.2) is 23.3 Å². The molecule has 5 unspecified atom stereocenters. The number of carboxylic acid groups (broad SMARTS) is 3. The van der Waals surface area contributed by atoms with E-state index in [2.05, 4.69) is 34.6 Å². The molecule has 0 rings (SSSR count). The standard InChI is InChI=1S/C31H53O12P/c1-10-19(4)13-20(5)14-21(6)15-22(7)16-23(8)17-25(28(32)33)18-24(9)31(38)42-26(29(34)35)27(30(36)37)43-44(39,40-11-2)41-12-3/h16-17,19-22,24,26-27H,10-15,18H2,1-9H3,(H,32,33)(H,34,35)(H,36,37)/b23-16+,25-17+/t19?,20?,21?,22?,24?,26-,27-/m0/s1. The number of hydrogen-bond donors (Lipinski definition) is 3. The van der Waals surface area contributed by atoms with Gasteiger partial charge in [-0.3, -0.25) is 18.4 Å². The Balaban J connectivity index is 5.65. The van der Waals surface area contributed by atoms with Crippen molar-refractivity contribution in [3.63, 3.8) is 0 Å². The molecule has 0 radical (unpaired) electrons. The van der Waals surface area contributed by atoms with Gasteiger partial charge >= 0.3 is 31.7 Å². The molecule has 0 bridgehead atoms. The van der Waals surface area contributed by atoms with E-state index in [-0.39, 0.29) is 31.1 Å². The number of hydrogen-bond acceptors (Lipinski definition) is 9. The average Bonchev–Trinajstić information content (AvgIpc) is 2.89. The first-order chi connectivity index (χ1) is 20.4. The first-order valence-corrected chi connectivity index (χ1v) is 16.7. The molecule has 44 heavy (non-hydrogen) atoms. The quantitative estimate of drug-likeness (QED) is 0.0460. The molecule has 0 aromatic rings. The zero-order valence-electron chi connectivity index (χ0n) is 27.6. The third-order valence-electron chi connectivity index (χ3n) is 7.06. The first kappa shape index (κ1) is 41.5. The van der Waals surface area contributed by atoms with Crippen molar-refractivity contribution in [2.24, 2.45) is 29.6 Å². The highest BCUT2D eigenvalue weighted by Crippen LogP contribution is 2.51. The Morgan fingerprint density at radius 1 is 0.773 bits per heavy atom. The lowest BCUT2D eigenvalue weighted by Gasteiger charge is -2.25. The Labute approximate surface area is 261 Å². The van der Waals surface area contributed by atoms with Gasteiger partial charge in [-0.1, -0.05) is 59.6 Å². The van der Waals surface area contributed by atoms with Crippen LogP contribution in [0.25, 0.3) is 0 Å². The zero-order valence-corrected chi connectivity index (χ0v) is 28.5. The average molecular weight is 649 g/mol. The fourth-order valence-electron chi connectivity index (χ4n) is 5.09. The number of carbonyl (C=O) groups excluding carboxylic acids is 1. The summed E-state index contributed by atoms with van der Waals surface area (Å²) >= 11 is 0. The SMILES string of the molecule is CCOP(=O)(OCC)O[C@H](C(=O)O)[C@H](OC(=O)C(C)C/C(=C\C(C)=C\C(C)CC(C)CC(C)CC(C)CC)C(=O)O)C(=O)O. The molecule has 0 fully saturated rings. The second kappa shape index (κ2) is 20.5. The van der Waals surface area contributed by atoms with Crippen LogP contribution in [0.5, 0.6) is 0 Å². The van der Waals surface area contributed by atoms with Gasteiger partial charge in [0.2, 0.25) is 12.2 Å². The van der Waals surface area contributed by atoms with Gasteiger partial charge < -0.3 is 20.1 Å².